The molecule has 116 valence electrons. The van der Waals surface area contributed by atoms with E-state index >= 15 is 0 Å². The molecule has 0 saturated carbocycles. The third kappa shape index (κ3) is 4.99. The van der Waals surface area contributed by atoms with E-state index in [-0.39, 0.29) is 31.5 Å². The van der Waals surface area contributed by atoms with Crippen molar-refractivity contribution in [2.45, 2.75) is 33.0 Å². The van der Waals surface area contributed by atoms with Crippen molar-refractivity contribution in [1.29, 1.82) is 0 Å². The Morgan fingerprint density at radius 2 is 1.90 bits per heavy atom. The summed E-state index contributed by atoms with van der Waals surface area (Å²) in [6, 6.07) is -0.675. The van der Waals surface area contributed by atoms with E-state index in [4.69, 9.17) is 0 Å². The fourth-order valence-electron chi connectivity index (χ4n) is 1.84. The Morgan fingerprint density at radius 3 is 2.40 bits per heavy atom. The van der Waals surface area contributed by atoms with Gasteiger partial charge in [-0.05, 0) is 5.41 Å². The number of piperazine rings is 1. The van der Waals surface area contributed by atoms with Gasteiger partial charge in [-0.2, -0.15) is 13.2 Å². The molecule has 0 radical (unpaired) electrons. The van der Waals surface area contributed by atoms with Gasteiger partial charge in [-0.1, -0.05) is 20.8 Å². The summed E-state index contributed by atoms with van der Waals surface area (Å²) >= 11 is 0. The molecule has 1 rings (SSSR count). The third-order valence-electron chi connectivity index (χ3n) is 2.84. The number of amides is 2. The fourth-order valence-corrected chi connectivity index (χ4v) is 1.84. The van der Waals surface area contributed by atoms with Crippen molar-refractivity contribution < 1.29 is 27.5 Å². The second-order valence-electron chi connectivity index (χ2n) is 5.79. The molecule has 0 aromatic heterocycles. The van der Waals surface area contributed by atoms with Crippen LogP contribution in [0.15, 0.2) is 0 Å². The predicted molar refractivity (Wildman–Crippen MR) is 64.8 cm³/mol. The van der Waals surface area contributed by atoms with Crippen LogP contribution in [0.1, 0.15) is 20.8 Å². The standard InChI is InChI=1S/C12H19F3N2O3/c1-11(2,3)9-10(19)17(6-8(18)16-9)4-5-20-7-12(13,14)15/h9H,4-7H2,1-3H3,(H,16,18). The van der Waals surface area contributed by atoms with Gasteiger partial charge in [0.2, 0.25) is 11.8 Å². The van der Waals surface area contributed by atoms with E-state index in [1.807, 2.05) is 0 Å². The van der Waals surface area contributed by atoms with E-state index in [2.05, 4.69) is 10.1 Å². The summed E-state index contributed by atoms with van der Waals surface area (Å²) in [6.45, 7) is 3.62. The Balaban J connectivity index is 2.53. The number of carbonyl (C=O) groups is 2. The molecule has 0 aromatic carbocycles. The molecule has 1 aliphatic heterocycles. The molecule has 1 N–H and O–H groups in total. The Kier molecular flexibility index (Phi) is 5.01. The minimum absolute atomic E-state index is 0.0328. The van der Waals surface area contributed by atoms with Crippen molar-refractivity contribution in [2.24, 2.45) is 5.41 Å². The molecule has 0 aromatic rings. The van der Waals surface area contributed by atoms with Crippen LogP contribution in [0.5, 0.6) is 0 Å². The molecule has 1 heterocycles. The molecule has 20 heavy (non-hydrogen) atoms. The number of hydrogen-bond donors (Lipinski definition) is 1. The van der Waals surface area contributed by atoms with Gasteiger partial charge in [-0.25, -0.2) is 0 Å². The number of nitrogens with zero attached hydrogens (tertiary/aromatic N) is 1. The quantitative estimate of drug-likeness (QED) is 0.786. The Bertz CT molecular complexity index is 377. The third-order valence-corrected chi connectivity index (χ3v) is 2.84. The number of halogens is 3. The average Bonchev–Trinajstić information content (AvgIpc) is 2.25. The van der Waals surface area contributed by atoms with E-state index in [1.165, 1.54) is 4.90 Å². The second-order valence-corrected chi connectivity index (χ2v) is 5.79. The number of carbonyl (C=O) groups excluding carboxylic acids is 2. The van der Waals surface area contributed by atoms with Gasteiger partial charge >= 0.3 is 6.18 Å². The summed E-state index contributed by atoms with van der Waals surface area (Å²) in [5, 5.41) is 2.60. The fraction of sp³-hybridized carbons (Fsp3) is 0.833. The Labute approximate surface area is 115 Å². The van der Waals surface area contributed by atoms with Gasteiger partial charge in [0, 0.05) is 6.54 Å². The number of hydrogen-bond acceptors (Lipinski definition) is 3. The normalized spacial score (nSPS) is 21.1. The van der Waals surface area contributed by atoms with E-state index in [9.17, 15) is 22.8 Å². The summed E-state index contributed by atoms with van der Waals surface area (Å²) in [4.78, 5) is 24.9. The first-order chi connectivity index (χ1) is 9.00. The molecule has 0 aliphatic carbocycles. The molecule has 5 nitrogen and oxygen atoms in total. The van der Waals surface area contributed by atoms with Crippen molar-refractivity contribution in [2.75, 3.05) is 26.3 Å². The molecular weight excluding hydrogens is 277 g/mol. The van der Waals surface area contributed by atoms with Crippen LogP contribution in [0.3, 0.4) is 0 Å². The molecule has 0 bridgehead atoms. The minimum atomic E-state index is -4.39. The zero-order chi connectivity index (χ0) is 15.6. The summed E-state index contributed by atoms with van der Waals surface area (Å²) < 4.78 is 40.2. The van der Waals surface area contributed by atoms with Crippen LogP contribution in [-0.2, 0) is 14.3 Å². The molecule has 1 aliphatic rings. The molecule has 1 atom stereocenters. The number of alkyl halides is 3. The Hall–Kier alpha value is -1.31. The number of nitrogens with one attached hydrogen (secondary N) is 1. The summed E-state index contributed by atoms with van der Waals surface area (Å²) in [6.07, 6.45) is -4.39. The van der Waals surface area contributed by atoms with Gasteiger partial charge in [0.25, 0.3) is 0 Å². The predicted octanol–water partition coefficient (Wildman–Crippen LogP) is 0.938. The molecule has 8 heteroatoms. The number of rotatable bonds is 4. The van der Waals surface area contributed by atoms with E-state index in [0.717, 1.165) is 0 Å². The molecule has 1 fully saturated rings. The van der Waals surface area contributed by atoms with Crippen molar-refractivity contribution in [1.82, 2.24) is 10.2 Å². The van der Waals surface area contributed by atoms with Crippen LogP contribution in [0.25, 0.3) is 0 Å². The smallest absolute Gasteiger partial charge is 0.370 e. The highest BCUT2D eigenvalue weighted by atomic mass is 19.4. The van der Waals surface area contributed by atoms with Gasteiger partial charge < -0.3 is 15.0 Å². The Morgan fingerprint density at radius 1 is 1.30 bits per heavy atom. The summed E-state index contributed by atoms with van der Waals surface area (Å²) in [5.41, 5.74) is -0.460. The second kappa shape index (κ2) is 5.99. The first kappa shape index (κ1) is 16.7. The van der Waals surface area contributed by atoms with E-state index in [0.29, 0.717) is 0 Å². The van der Waals surface area contributed by atoms with Crippen LogP contribution >= 0.6 is 0 Å². The zero-order valence-electron chi connectivity index (χ0n) is 11.7. The molecule has 2 amide bonds. The van der Waals surface area contributed by atoms with Crippen molar-refractivity contribution >= 4 is 11.8 Å². The largest absolute Gasteiger partial charge is 0.411 e. The average molecular weight is 296 g/mol. The van der Waals surface area contributed by atoms with Gasteiger partial charge in [0.1, 0.15) is 12.6 Å². The molecule has 1 unspecified atom stereocenters. The van der Waals surface area contributed by atoms with Gasteiger partial charge in [0.05, 0.1) is 13.2 Å². The maximum atomic E-state index is 12.1. The highest BCUT2D eigenvalue weighted by Gasteiger charge is 2.39. The van der Waals surface area contributed by atoms with Crippen LogP contribution in [0.2, 0.25) is 0 Å². The lowest BCUT2D eigenvalue weighted by molar-refractivity contribution is -0.175. The van der Waals surface area contributed by atoms with Crippen molar-refractivity contribution in [3.05, 3.63) is 0 Å². The SMILES string of the molecule is CC(C)(C)C1NC(=O)CN(CCOCC(F)(F)F)C1=O. The lowest BCUT2D eigenvalue weighted by Gasteiger charge is -2.38. The molecular formula is C12H19F3N2O3. The molecule has 0 spiro atoms. The van der Waals surface area contributed by atoms with Crippen molar-refractivity contribution in [3.8, 4) is 0 Å². The number of ether oxygens (including phenoxy) is 1. The van der Waals surface area contributed by atoms with Crippen LogP contribution in [0, 0.1) is 5.41 Å². The maximum absolute atomic E-state index is 12.1. The lowest BCUT2D eigenvalue weighted by Crippen LogP contribution is -2.62. The van der Waals surface area contributed by atoms with Crippen molar-refractivity contribution in [3.63, 3.8) is 0 Å². The monoisotopic (exact) mass is 296 g/mol. The topological polar surface area (TPSA) is 58.6 Å². The minimum Gasteiger partial charge on any atom is -0.370 e. The lowest BCUT2D eigenvalue weighted by atomic mass is 9.85. The first-order valence-corrected chi connectivity index (χ1v) is 6.23. The highest BCUT2D eigenvalue weighted by molar-refractivity contribution is 5.95. The van der Waals surface area contributed by atoms with Gasteiger partial charge in [-0.15, -0.1) is 0 Å². The van der Waals surface area contributed by atoms with E-state index < -0.39 is 24.2 Å². The van der Waals surface area contributed by atoms with E-state index in [1.54, 1.807) is 20.8 Å². The van der Waals surface area contributed by atoms with Crippen LogP contribution < -0.4 is 5.32 Å². The van der Waals surface area contributed by atoms with Gasteiger partial charge in [-0.3, -0.25) is 9.59 Å². The first-order valence-electron chi connectivity index (χ1n) is 6.23. The zero-order valence-corrected chi connectivity index (χ0v) is 11.7. The van der Waals surface area contributed by atoms with Crippen LogP contribution in [-0.4, -0.2) is 55.2 Å². The van der Waals surface area contributed by atoms with Gasteiger partial charge in [0.15, 0.2) is 0 Å². The van der Waals surface area contributed by atoms with Crippen LogP contribution in [0.4, 0.5) is 13.2 Å². The highest BCUT2D eigenvalue weighted by Crippen LogP contribution is 2.23. The summed E-state index contributed by atoms with van der Waals surface area (Å²) in [7, 11) is 0. The molecule has 1 saturated heterocycles. The summed E-state index contributed by atoms with van der Waals surface area (Å²) in [5.74, 6) is -0.618. The maximum Gasteiger partial charge on any atom is 0.411 e.